The number of hydrogen-bond donors (Lipinski definition) is 1. The topological polar surface area (TPSA) is 25.0 Å². The van der Waals surface area contributed by atoms with Gasteiger partial charge in [-0.25, -0.2) is 0 Å². The Morgan fingerprint density at radius 3 is 2.67 bits per heavy atom. The molecular formula is C11H9Cl2NO. The van der Waals surface area contributed by atoms with Crippen LogP contribution in [0.25, 0.3) is 11.3 Å². The van der Waals surface area contributed by atoms with Gasteiger partial charge >= 0.3 is 0 Å². The molecule has 0 aliphatic carbocycles. The molecule has 1 aromatic carbocycles. The molecule has 0 aliphatic rings. The first-order chi connectivity index (χ1) is 7.22. The van der Waals surface area contributed by atoms with Gasteiger partial charge in [0.15, 0.2) is 0 Å². The van der Waals surface area contributed by atoms with Crippen molar-refractivity contribution in [3.63, 3.8) is 0 Å². The van der Waals surface area contributed by atoms with Crippen LogP contribution in [0, 0.1) is 0 Å². The Labute approximate surface area is 97.8 Å². The van der Waals surface area contributed by atoms with Crippen molar-refractivity contribution in [2.75, 3.05) is 7.11 Å². The van der Waals surface area contributed by atoms with Crippen molar-refractivity contribution in [3.05, 3.63) is 40.5 Å². The van der Waals surface area contributed by atoms with Gasteiger partial charge in [0, 0.05) is 22.5 Å². The highest BCUT2D eigenvalue weighted by atomic mass is 35.5. The van der Waals surface area contributed by atoms with E-state index in [9.17, 15) is 0 Å². The fraction of sp³-hybridized carbons (Fsp3) is 0.0909. The van der Waals surface area contributed by atoms with E-state index in [2.05, 4.69) is 4.98 Å². The highest BCUT2D eigenvalue weighted by molar-refractivity contribution is 6.36. The van der Waals surface area contributed by atoms with Gasteiger partial charge in [-0.05, 0) is 24.3 Å². The lowest BCUT2D eigenvalue weighted by Crippen LogP contribution is -1.89. The van der Waals surface area contributed by atoms with Gasteiger partial charge in [-0.2, -0.15) is 0 Å². The van der Waals surface area contributed by atoms with Crippen molar-refractivity contribution in [2.24, 2.45) is 0 Å². The minimum absolute atomic E-state index is 0.509. The first-order valence-electron chi connectivity index (χ1n) is 4.39. The summed E-state index contributed by atoms with van der Waals surface area (Å²) in [4.78, 5) is 3.09. The summed E-state index contributed by atoms with van der Waals surface area (Å²) in [6, 6.07) is 7.32. The van der Waals surface area contributed by atoms with Crippen molar-refractivity contribution in [1.29, 1.82) is 0 Å². The van der Waals surface area contributed by atoms with E-state index < -0.39 is 0 Å². The van der Waals surface area contributed by atoms with E-state index in [1.807, 2.05) is 24.4 Å². The lowest BCUT2D eigenvalue weighted by molar-refractivity contribution is 0.416. The van der Waals surface area contributed by atoms with Crippen molar-refractivity contribution in [2.45, 2.75) is 0 Å². The van der Waals surface area contributed by atoms with E-state index in [1.165, 1.54) is 0 Å². The molecule has 0 amide bonds. The summed E-state index contributed by atoms with van der Waals surface area (Å²) in [5, 5.41) is 1.10. The van der Waals surface area contributed by atoms with E-state index in [4.69, 9.17) is 27.9 Å². The predicted molar refractivity (Wildman–Crippen MR) is 62.8 cm³/mol. The number of hydrogen-bond acceptors (Lipinski definition) is 1. The highest BCUT2D eigenvalue weighted by Gasteiger charge is 2.11. The van der Waals surface area contributed by atoms with Crippen molar-refractivity contribution in [3.8, 4) is 17.0 Å². The van der Waals surface area contributed by atoms with Gasteiger partial charge in [0.1, 0.15) is 5.75 Å². The fourth-order valence-electron chi connectivity index (χ4n) is 1.47. The number of aromatic amines is 1. The summed E-state index contributed by atoms with van der Waals surface area (Å²) >= 11 is 12.0. The van der Waals surface area contributed by atoms with Crippen LogP contribution in [-0.2, 0) is 0 Å². The maximum Gasteiger partial charge on any atom is 0.146 e. The standard InChI is InChI=1S/C11H9Cl2NO/c1-15-11-8(10-3-2-4-14-10)5-7(12)6-9(11)13/h2-6,14H,1H3. The quantitative estimate of drug-likeness (QED) is 0.845. The second-order valence-corrected chi connectivity index (χ2v) is 3.90. The SMILES string of the molecule is COc1c(Cl)cc(Cl)cc1-c1ccc[nH]1. The molecule has 0 atom stereocenters. The zero-order valence-corrected chi connectivity index (χ0v) is 9.56. The van der Waals surface area contributed by atoms with Crippen molar-refractivity contribution in [1.82, 2.24) is 4.98 Å². The second kappa shape index (κ2) is 4.17. The molecule has 2 rings (SSSR count). The van der Waals surface area contributed by atoms with E-state index >= 15 is 0 Å². The molecule has 1 heterocycles. The third kappa shape index (κ3) is 1.96. The molecule has 78 valence electrons. The van der Waals surface area contributed by atoms with E-state index in [1.54, 1.807) is 13.2 Å². The number of aromatic nitrogens is 1. The van der Waals surface area contributed by atoms with Gasteiger partial charge in [-0.15, -0.1) is 0 Å². The summed E-state index contributed by atoms with van der Waals surface area (Å²) in [6.45, 7) is 0. The lowest BCUT2D eigenvalue weighted by atomic mass is 10.1. The third-order valence-corrected chi connectivity index (χ3v) is 2.60. The molecule has 0 unspecified atom stereocenters. The zero-order chi connectivity index (χ0) is 10.8. The van der Waals surface area contributed by atoms with Crippen LogP contribution in [0.1, 0.15) is 0 Å². The molecule has 2 nitrogen and oxygen atoms in total. The Morgan fingerprint density at radius 2 is 2.07 bits per heavy atom. The van der Waals surface area contributed by atoms with Gasteiger partial charge in [0.2, 0.25) is 0 Å². The predicted octanol–water partition coefficient (Wildman–Crippen LogP) is 4.00. The smallest absolute Gasteiger partial charge is 0.146 e. The second-order valence-electron chi connectivity index (χ2n) is 3.05. The van der Waals surface area contributed by atoms with Crippen LogP contribution in [0.4, 0.5) is 0 Å². The average Bonchev–Trinajstić information content (AvgIpc) is 2.69. The number of nitrogens with one attached hydrogen (secondary N) is 1. The minimum atomic E-state index is 0.509. The van der Waals surface area contributed by atoms with Gasteiger partial charge in [-0.1, -0.05) is 23.2 Å². The van der Waals surface area contributed by atoms with Gasteiger partial charge < -0.3 is 9.72 Å². The number of H-pyrrole nitrogens is 1. The summed E-state index contributed by atoms with van der Waals surface area (Å²) in [5.74, 6) is 0.628. The number of halogens is 2. The molecule has 0 radical (unpaired) electrons. The summed E-state index contributed by atoms with van der Waals surface area (Å²) < 4.78 is 5.24. The Morgan fingerprint density at radius 1 is 1.27 bits per heavy atom. The van der Waals surface area contributed by atoms with Gasteiger partial charge in [0.05, 0.1) is 12.1 Å². The van der Waals surface area contributed by atoms with Crippen LogP contribution < -0.4 is 4.74 Å². The summed E-state index contributed by atoms with van der Waals surface area (Å²) in [6.07, 6.45) is 1.84. The van der Waals surface area contributed by atoms with E-state index in [-0.39, 0.29) is 0 Å². The summed E-state index contributed by atoms with van der Waals surface area (Å²) in [5.41, 5.74) is 1.79. The zero-order valence-electron chi connectivity index (χ0n) is 8.05. The fourth-order valence-corrected chi connectivity index (χ4v) is 2.04. The molecule has 15 heavy (non-hydrogen) atoms. The van der Waals surface area contributed by atoms with Crippen LogP contribution >= 0.6 is 23.2 Å². The normalized spacial score (nSPS) is 10.3. The first kappa shape index (κ1) is 10.4. The summed E-state index contributed by atoms with van der Waals surface area (Å²) in [7, 11) is 1.58. The van der Waals surface area contributed by atoms with E-state index in [0.717, 1.165) is 11.3 Å². The lowest BCUT2D eigenvalue weighted by Gasteiger charge is -2.09. The molecule has 1 aromatic heterocycles. The molecular weight excluding hydrogens is 233 g/mol. The largest absolute Gasteiger partial charge is 0.494 e. The van der Waals surface area contributed by atoms with Crippen molar-refractivity contribution < 1.29 is 4.74 Å². The van der Waals surface area contributed by atoms with Crippen LogP contribution in [0.2, 0.25) is 10.0 Å². The monoisotopic (exact) mass is 241 g/mol. The third-order valence-electron chi connectivity index (χ3n) is 2.10. The number of rotatable bonds is 2. The number of ether oxygens (including phenoxy) is 1. The Hall–Kier alpha value is -1.12. The number of benzene rings is 1. The van der Waals surface area contributed by atoms with Gasteiger partial charge in [-0.3, -0.25) is 0 Å². The maximum atomic E-state index is 6.03. The number of methoxy groups -OCH3 is 1. The molecule has 0 saturated carbocycles. The Bertz CT molecular complexity index is 466. The Kier molecular flexibility index (Phi) is 2.89. The highest BCUT2D eigenvalue weighted by Crippen LogP contribution is 2.37. The van der Waals surface area contributed by atoms with Crippen molar-refractivity contribution >= 4 is 23.2 Å². The molecule has 0 spiro atoms. The van der Waals surface area contributed by atoms with Crippen LogP contribution in [0.15, 0.2) is 30.5 Å². The maximum absolute atomic E-state index is 6.03. The Balaban J connectivity index is 2.64. The molecule has 0 aliphatic heterocycles. The molecule has 0 saturated heterocycles. The molecule has 0 bridgehead atoms. The van der Waals surface area contributed by atoms with Crippen LogP contribution in [0.3, 0.4) is 0 Å². The minimum Gasteiger partial charge on any atom is -0.494 e. The van der Waals surface area contributed by atoms with Crippen LogP contribution in [-0.4, -0.2) is 12.1 Å². The van der Waals surface area contributed by atoms with E-state index in [0.29, 0.717) is 15.8 Å². The van der Waals surface area contributed by atoms with Gasteiger partial charge in [0.25, 0.3) is 0 Å². The molecule has 0 fully saturated rings. The average molecular weight is 242 g/mol. The first-order valence-corrected chi connectivity index (χ1v) is 5.14. The van der Waals surface area contributed by atoms with Crippen LogP contribution in [0.5, 0.6) is 5.75 Å². The molecule has 2 aromatic rings. The molecule has 4 heteroatoms. The molecule has 1 N–H and O–H groups in total.